The molecule has 0 spiro atoms. The van der Waals surface area contributed by atoms with Crippen molar-refractivity contribution in [1.82, 2.24) is 0 Å². The van der Waals surface area contributed by atoms with E-state index in [1.165, 1.54) is 32.1 Å². The van der Waals surface area contributed by atoms with E-state index in [0.717, 1.165) is 6.92 Å². The van der Waals surface area contributed by atoms with Crippen molar-refractivity contribution in [2.75, 3.05) is 0 Å². The number of carbonyl (C=O) groups is 1. The van der Waals surface area contributed by atoms with Gasteiger partial charge in [-0.3, -0.25) is 4.79 Å². The Morgan fingerprint density at radius 1 is 1.09 bits per heavy atom. The van der Waals surface area contributed by atoms with Crippen molar-refractivity contribution < 1.29 is 9.90 Å². The molecule has 0 rings (SSSR count). The van der Waals surface area contributed by atoms with Crippen LogP contribution in [0.15, 0.2) is 0 Å². The number of unbranched alkanes of at least 4 members (excludes halogenated alkanes) is 4. The molecular formula is C9H20O2. The number of rotatable bonds is 4. The van der Waals surface area contributed by atoms with Crippen LogP contribution in [0.5, 0.6) is 0 Å². The zero-order chi connectivity index (χ0) is 9.11. The predicted octanol–water partition coefficient (Wildman–Crippen LogP) is 3.07. The molecule has 0 unspecified atom stereocenters. The number of hydrogen-bond acceptors (Lipinski definition) is 1. The Bertz CT molecular complexity index is 71.6. The van der Waals surface area contributed by atoms with Gasteiger partial charge in [0.2, 0.25) is 0 Å². The van der Waals surface area contributed by atoms with Crippen LogP contribution in [0.1, 0.15) is 52.9 Å². The van der Waals surface area contributed by atoms with Gasteiger partial charge in [0.1, 0.15) is 0 Å². The summed E-state index contributed by atoms with van der Waals surface area (Å²) in [6.07, 6.45) is 7.01. The van der Waals surface area contributed by atoms with Crippen molar-refractivity contribution in [3.8, 4) is 0 Å². The van der Waals surface area contributed by atoms with Gasteiger partial charge in [-0.05, 0) is 0 Å². The first-order valence-electron chi connectivity index (χ1n) is 4.34. The summed E-state index contributed by atoms with van der Waals surface area (Å²) in [5.41, 5.74) is 0. The van der Waals surface area contributed by atoms with Crippen molar-refractivity contribution in [2.24, 2.45) is 0 Å². The molecule has 11 heavy (non-hydrogen) atoms. The number of carboxylic acid groups (broad SMARTS) is 1. The lowest BCUT2D eigenvalue weighted by Gasteiger charge is -1.90. The van der Waals surface area contributed by atoms with Gasteiger partial charge in [-0.15, -0.1) is 0 Å². The van der Waals surface area contributed by atoms with E-state index in [0.29, 0.717) is 0 Å². The van der Waals surface area contributed by atoms with Crippen LogP contribution in [0.3, 0.4) is 0 Å². The number of carboxylic acids is 1. The third kappa shape index (κ3) is 43.9. The Hall–Kier alpha value is -0.530. The maximum atomic E-state index is 9.00. The fourth-order valence-electron chi connectivity index (χ4n) is 0.677. The smallest absolute Gasteiger partial charge is 0.300 e. The Labute approximate surface area is 69.6 Å². The molecule has 0 fully saturated rings. The maximum absolute atomic E-state index is 9.00. The highest BCUT2D eigenvalue weighted by Crippen LogP contribution is 2.00. The van der Waals surface area contributed by atoms with Crippen LogP contribution in [0, 0.1) is 0 Å². The van der Waals surface area contributed by atoms with Crippen LogP contribution >= 0.6 is 0 Å². The third-order valence-electron chi connectivity index (χ3n) is 1.21. The second-order valence-corrected chi connectivity index (χ2v) is 2.58. The molecule has 0 heterocycles. The molecule has 1 N–H and O–H groups in total. The van der Waals surface area contributed by atoms with Crippen LogP contribution in [0.2, 0.25) is 0 Å². The lowest BCUT2D eigenvalue weighted by atomic mass is 10.2. The summed E-state index contributed by atoms with van der Waals surface area (Å²) in [4.78, 5) is 9.00. The van der Waals surface area contributed by atoms with Gasteiger partial charge in [-0.25, -0.2) is 0 Å². The number of hydrogen-bond donors (Lipinski definition) is 1. The average Bonchev–Trinajstić information content (AvgIpc) is 1.88. The van der Waals surface area contributed by atoms with Crippen molar-refractivity contribution >= 4 is 5.97 Å². The quantitative estimate of drug-likeness (QED) is 0.642. The molecule has 0 aromatic carbocycles. The highest BCUT2D eigenvalue weighted by Gasteiger charge is 1.80. The van der Waals surface area contributed by atoms with E-state index in [9.17, 15) is 0 Å². The van der Waals surface area contributed by atoms with E-state index in [1.807, 2.05) is 0 Å². The SMILES string of the molecule is CC(=O)O.CCCCCCC. The first kappa shape index (κ1) is 13.1. The van der Waals surface area contributed by atoms with Gasteiger partial charge in [0.15, 0.2) is 0 Å². The van der Waals surface area contributed by atoms with Crippen molar-refractivity contribution in [3.05, 3.63) is 0 Å². The summed E-state index contributed by atoms with van der Waals surface area (Å²) in [7, 11) is 0. The minimum absolute atomic E-state index is 0.833. The minimum atomic E-state index is -0.833. The first-order chi connectivity index (χ1) is 5.15. The fraction of sp³-hybridized carbons (Fsp3) is 0.889. The molecule has 0 bridgehead atoms. The highest BCUT2D eigenvalue weighted by atomic mass is 16.4. The predicted molar refractivity (Wildman–Crippen MR) is 47.7 cm³/mol. The monoisotopic (exact) mass is 160 g/mol. The van der Waals surface area contributed by atoms with Crippen LogP contribution in [-0.4, -0.2) is 11.1 Å². The molecule has 0 aliphatic carbocycles. The lowest BCUT2D eigenvalue weighted by Crippen LogP contribution is -1.78. The second kappa shape index (κ2) is 12.2. The van der Waals surface area contributed by atoms with Crippen LogP contribution in [-0.2, 0) is 4.79 Å². The van der Waals surface area contributed by atoms with Crippen LogP contribution in [0.4, 0.5) is 0 Å². The minimum Gasteiger partial charge on any atom is -0.481 e. The molecule has 2 nitrogen and oxygen atoms in total. The Kier molecular flexibility index (Phi) is 14.5. The topological polar surface area (TPSA) is 37.3 Å². The van der Waals surface area contributed by atoms with Gasteiger partial charge in [-0.2, -0.15) is 0 Å². The molecule has 0 aliphatic rings. The standard InChI is InChI=1S/C7H16.C2H4O2/c1-3-5-7-6-4-2;1-2(3)4/h3-7H2,1-2H3;1H3,(H,3,4). The molecule has 0 aliphatic heterocycles. The van der Waals surface area contributed by atoms with Gasteiger partial charge in [0.05, 0.1) is 0 Å². The molecule has 0 amide bonds. The molecule has 0 aromatic heterocycles. The Morgan fingerprint density at radius 2 is 1.36 bits per heavy atom. The molecule has 2 heteroatoms. The van der Waals surface area contributed by atoms with E-state index in [-0.39, 0.29) is 0 Å². The summed E-state index contributed by atoms with van der Waals surface area (Å²) in [5, 5.41) is 7.42. The average molecular weight is 160 g/mol. The first-order valence-corrected chi connectivity index (χ1v) is 4.34. The summed E-state index contributed by atoms with van der Waals surface area (Å²) >= 11 is 0. The van der Waals surface area contributed by atoms with Gasteiger partial charge in [-0.1, -0.05) is 46.0 Å². The Balaban J connectivity index is 0. The van der Waals surface area contributed by atoms with Crippen LogP contribution < -0.4 is 0 Å². The summed E-state index contributed by atoms with van der Waals surface area (Å²) in [5.74, 6) is -0.833. The highest BCUT2D eigenvalue weighted by molar-refractivity contribution is 5.62. The van der Waals surface area contributed by atoms with Crippen molar-refractivity contribution in [2.45, 2.75) is 52.9 Å². The molecule has 0 saturated heterocycles. The van der Waals surface area contributed by atoms with E-state index in [4.69, 9.17) is 9.90 Å². The molecule has 0 aromatic rings. The molecular weight excluding hydrogens is 140 g/mol. The fourth-order valence-corrected chi connectivity index (χ4v) is 0.677. The third-order valence-corrected chi connectivity index (χ3v) is 1.21. The zero-order valence-corrected chi connectivity index (χ0v) is 7.89. The molecule has 68 valence electrons. The molecule has 0 atom stereocenters. The summed E-state index contributed by atoms with van der Waals surface area (Å²) < 4.78 is 0. The van der Waals surface area contributed by atoms with Gasteiger partial charge in [0.25, 0.3) is 5.97 Å². The summed E-state index contributed by atoms with van der Waals surface area (Å²) in [6.45, 7) is 5.57. The molecule has 0 radical (unpaired) electrons. The molecule has 0 saturated carbocycles. The van der Waals surface area contributed by atoms with Crippen molar-refractivity contribution in [1.29, 1.82) is 0 Å². The van der Waals surface area contributed by atoms with Crippen LogP contribution in [0.25, 0.3) is 0 Å². The van der Waals surface area contributed by atoms with E-state index < -0.39 is 5.97 Å². The zero-order valence-electron chi connectivity index (χ0n) is 7.89. The van der Waals surface area contributed by atoms with E-state index in [2.05, 4.69) is 13.8 Å². The van der Waals surface area contributed by atoms with Gasteiger partial charge < -0.3 is 5.11 Å². The summed E-state index contributed by atoms with van der Waals surface area (Å²) in [6, 6.07) is 0. The van der Waals surface area contributed by atoms with Crippen molar-refractivity contribution in [3.63, 3.8) is 0 Å². The van der Waals surface area contributed by atoms with Gasteiger partial charge in [0, 0.05) is 6.92 Å². The normalized spacial score (nSPS) is 8.27. The number of aliphatic carboxylic acids is 1. The second-order valence-electron chi connectivity index (χ2n) is 2.58. The Morgan fingerprint density at radius 3 is 1.55 bits per heavy atom. The van der Waals surface area contributed by atoms with Gasteiger partial charge >= 0.3 is 0 Å². The van der Waals surface area contributed by atoms with E-state index >= 15 is 0 Å². The maximum Gasteiger partial charge on any atom is 0.300 e. The van der Waals surface area contributed by atoms with E-state index in [1.54, 1.807) is 0 Å². The largest absolute Gasteiger partial charge is 0.481 e. The lowest BCUT2D eigenvalue weighted by molar-refractivity contribution is -0.134.